The molecule has 3 nitrogen and oxygen atoms in total. The van der Waals surface area contributed by atoms with E-state index >= 15 is 0 Å². The highest BCUT2D eigenvalue weighted by Crippen LogP contribution is 2.28. The van der Waals surface area contributed by atoms with Crippen molar-refractivity contribution in [3.63, 3.8) is 0 Å². The van der Waals surface area contributed by atoms with Crippen molar-refractivity contribution in [2.75, 3.05) is 0 Å². The molecule has 128 valence electrons. The van der Waals surface area contributed by atoms with E-state index in [1.807, 2.05) is 24.3 Å². The molecule has 0 fully saturated rings. The Morgan fingerprint density at radius 1 is 1.00 bits per heavy atom. The highest BCUT2D eigenvalue weighted by Gasteiger charge is 2.20. The summed E-state index contributed by atoms with van der Waals surface area (Å²) < 4.78 is 2.26. The fraction of sp³-hybridized carbons (Fsp3) is 0.273. The van der Waals surface area contributed by atoms with Crippen LogP contribution in [0, 0.1) is 0 Å². The van der Waals surface area contributed by atoms with Crippen LogP contribution in [0.1, 0.15) is 55.4 Å². The minimum absolute atomic E-state index is 0.129. The van der Waals surface area contributed by atoms with Crippen LogP contribution in [-0.4, -0.2) is 22.6 Å². The lowest BCUT2D eigenvalue weighted by atomic mass is 9.98. The van der Waals surface area contributed by atoms with Crippen LogP contribution in [-0.2, 0) is 0 Å². The standard InChI is InChI=1S/C22H24N2O/c1-15(2)23-21(19-11-7-6-10-18(19)14-25)22-20-12-8-5-9-17(20)13-24(22)16(3)4/h5-16H,1-4H3. The summed E-state index contributed by atoms with van der Waals surface area (Å²) in [4.78, 5) is 16.5. The summed E-state index contributed by atoms with van der Waals surface area (Å²) in [5.74, 6) is 0. The summed E-state index contributed by atoms with van der Waals surface area (Å²) in [6, 6.07) is 16.5. The van der Waals surface area contributed by atoms with Gasteiger partial charge in [-0.25, -0.2) is 0 Å². The summed E-state index contributed by atoms with van der Waals surface area (Å²) >= 11 is 0. The average molecular weight is 332 g/mol. The number of aliphatic imine (C=N–C) groups is 1. The van der Waals surface area contributed by atoms with Crippen LogP contribution in [0.2, 0.25) is 0 Å². The summed E-state index contributed by atoms with van der Waals surface area (Å²) in [6.07, 6.45) is 3.09. The Labute approximate surface area is 149 Å². The molecule has 0 aliphatic rings. The zero-order chi connectivity index (χ0) is 18.0. The number of rotatable bonds is 5. The molecule has 0 saturated heterocycles. The monoisotopic (exact) mass is 332 g/mol. The molecule has 0 amide bonds. The van der Waals surface area contributed by atoms with Gasteiger partial charge in [0.25, 0.3) is 0 Å². The van der Waals surface area contributed by atoms with Crippen molar-refractivity contribution in [2.45, 2.75) is 39.8 Å². The van der Waals surface area contributed by atoms with E-state index in [0.717, 1.165) is 28.6 Å². The number of hydrogen-bond donors (Lipinski definition) is 0. The molecule has 1 aromatic heterocycles. The van der Waals surface area contributed by atoms with E-state index in [0.29, 0.717) is 11.6 Å². The Morgan fingerprint density at radius 2 is 1.68 bits per heavy atom. The van der Waals surface area contributed by atoms with E-state index in [-0.39, 0.29) is 6.04 Å². The van der Waals surface area contributed by atoms with Crippen molar-refractivity contribution in [1.29, 1.82) is 0 Å². The molecule has 0 bridgehead atoms. The summed E-state index contributed by atoms with van der Waals surface area (Å²) in [6.45, 7) is 8.46. The summed E-state index contributed by atoms with van der Waals surface area (Å²) in [5.41, 5.74) is 3.51. The Morgan fingerprint density at radius 3 is 2.36 bits per heavy atom. The minimum Gasteiger partial charge on any atom is -0.343 e. The van der Waals surface area contributed by atoms with Crippen molar-refractivity contribution in [3.05, 3.63) is 71.5 Å². The lowest BCUT2D eigenvalue weighted by molar-refractivity contribution is 0.112. The van der Waals surface area contributed by atoms with Crippen molar-refractivity contribution in [3.8, 4) is 0 Å². The summed E-state index contributed by atoms with van der Waals surface area (Å²) in [5, 5.41) is 2.35. The van der Waals surface area contributed by atoms with Gasteiger partial charge in [-0.1, -0.05) is 48.5 Å². The molecule has 0 saturated carbocycles. The molecule has 0 aliphatic carbocycles. The molecule has 0 N–H and O–H groups in total. The van der Waals surface area contributed by atoms with Gasteiger partial charge >= 0.3 is 0 Å². The van der Waals surface area contributed by atoms with Gasteiger partial charge in [0.2, 0.25) is 0 Å². The van der Waals surface area contributed by atoms with E-state index < -0.39 is 0 Å². The van der Waals surface area contributed by atoms with Gasteiger partial charge in [-0.3, -0.25) is 9.79 Å². The lowest BCUT2D eigenvalue weighted by Gasteiger charge is -2.17. The second kappa shape index (κ2) is 7.06. The van der Waals surface area contributed by atoms with Crippen LogP contribution in [0.15, 0.2) is 59.7 Å². The predicted octanol–water partition coefficient (Wildman–Crippen LogP) is 5.28. The number of aldehydes is 1. The molecule has 3 heteroatoms. The Bertz CT molecular complexity index is 932. The van der Waals surface area contributed by atoms with Crippen molar-refractivity contribution >= 4 is 22.8 Å². The van der Waals surface area contributed by atoms with Crippen LogP contribution in [0.5, 0.6) is 0 Å². The van der Waals surface area contributed by atoms with E-state index in [1.165, 1.54) is 5.39 Å². The van der Waals surface area contributed by atoms with E-state index in [9.17, 15) is 4.79 Å². The molecule has 0 unspecified atom stereocenters. The molecular formula is C22H24N2O. The third-order valence-corrected chi connectivity index (χ3v) is 4.26. The first-order valence-corrected chi connectivity index (χ1v) is 8.75. The number of carbonyl (C=O) groups is 1. The zero-order valence-electron chi connectivity index (χ0n) is 15.2. The number of fused-ring (bicyclic) bond motifs is 1. The van der Waals surface area contributed by atoms with Crippen LogP contribution in [0.3, 0.4) is 0 Å². The molecule has 0 spiro atoms. The van der Waals surface area contributed by atoms with Crippen LogP contribution < -0.4 is 0 Å². The number of aromatic nitrogens is 1. The maximum Gasteiger partial charge on any atom is 0.150 e. The molecule has 3 rings (SSSR count). The van der Waals surface area contributed by atoms with Crippen LogP contribution in [0.4, 0.5) is 0 Å². The molecule has 0 radical (unpaired) electrons. The van der Waals surface area contributed by atoms with Gasteiger partial charge in [0.05, 0.1) is 11.4 Å². The number of carbonyl (C=O) groups excluding carboxylic acids is 1. The molecule has 25 heavy (non-hydrogen) atoms. The van der Waals surface area contributed by atoms with E-state index in [1.54, 1.807) is 0 Å². The van der Waals surface area contributed by atoms with Gasteiger partial charge < -0.3 is 4.57 Å². The van der Waals surface area contributed by atoms with E-state index in [4.69, 9.17) is 4.99 Å². The molecular weight excluding hydrogens is 308 g/mol. The number of benzene rings is 2. The van der Waals surface area contributed by atoms with Crippen molar-refractivity contribution in [1.82, 2.24) is 4.57 Å². The third-order valence-electron chi connectivity index (χ3n) is 4.26. The molecule has 0 atom stereocenters. The van der Waals surface area contributed by atoms with Gasteiger partial charge in [-0.05, 0) is 27.7 Å². The Balaban J connectivity index is 2.37. The van der Waals surface area contributed by atoms with Gasteiger partial charge in [0.1, 0.15) is 0 Å². The lowest BCUT2D eigenvalue weighted by Crippen LogP contribution is -2.16. The van der Waals surface area contributed by atoms with E-state index in [2.05, 4.69) is 62.7 Å². The molecule has 2 aromatic carbocycles. The Kier molecular flexibility index (Phi) is 4.84. The number of hydrogen-bond acceptors (Lipinski definition) is 2. The first-order valence-electron chi connectivity index (χ1n) is 8.75. The smallest absolute Gasteiger partial charge is 0.150 e. The largest absolute Gasteiger partial charge is 0.343 e. The fourth-order valence-corrected chi connectivity index (χ4v) is 3.17. The average Bonchev–Trinajstić information content (AvgIpc) is 2.99. The summed E-state index contributed by atoms with van der Waals surface area (Å²) in [7, 11) is 0. The molecule has 1 heterocycles. The van der Waals surface area contributed by atoms with Crippen molar-refractivity contribution < 1.29 is 4.79 Å². The molecule has 0 aliphatic heterocycles. The highest BCUT2D eigenvalue weighted by molar-refractivity contribution is 6.21. The predicted molar refractivity (Wildman–Crippen MR) is 105 cm³/mol. The first kappa shape index (κ1) is 17.2. The van der Waals surface area contributed by atoms with Gasteiger partial charge in [-0.15, -0.1) is 0 Å². The van der Waals surface area contributed by atoms with Crippen LogP contribution >= 0.6 is 0 Å². The maximum atomic E-state index is 11.6. The second-order valence-electron chi connectivity index (χ2n) is 6.84. The normalized spacial score (nSPS) is 12.3. The Hall–Kier alpha value is -2.68. The topological polar surface area (TPSA) is 34.4 Å². The first-order chi connectivity index (χ1) is 12.0. The quantitative estimate of drug-likeness (QED) is 0.462. The maximum absolute atomic E-state index is 11.6. The van der Waals surface area contributed by atoms with Gasteiger partial charge in [0, 0.05) is 40.2 Å². The van der Waals surface area contributed by atoms with Gasteiger partial charge in [-0.2, -0.15) is 0 Å². The zero-order valence-corrected chi connectivity index (χ0v) is 15.2. The molecule has 3 aromatic rings. The second-order valence-corrected chi connectivity index (χ2v) is 6.84. The number of nitrogens with zero attached hydrogens (tertiary/aromatic N) is 2. The SMILES string of the molecule is CC(C)N=C(c1ccccc1C=O)c1c2ccccc2cn1C(C)C. The third kappa shape index (κ3) is 3.27. The van der Waals surface area contributed by atoms with Gasteiger partial charge in [0.15, 0.2) is 6.29 Å². The fourth-order valence-electron chi connectivity index (χ4n) is 3.17. The highest BCUT2D eigenvalue weighted by atomic mass is 16.1. The minimum atomic E-state index is 0.129. The van der Waals surface area contributed by atoms with Crippen molar-refractivity contribution in [2.24, 2.45) is 4.99 Å². The van der Waals surface area contributed by atoms with Crippen LogP contribution in [0.25, 0.3) is 10.8 Å².